The Morgan fingerprint density at radius 3 is 2.58 bits per heavy atom. The minimum absolute atomic E-state index is 0.105. The van der Waals surface area contributed by atoms with Gasteiger partial charge in [0.2, 0.25) is 5.91 Å². The molecule has 0 saturated carbocycles. The minimum atomic E-state index is -0.346. The number of carbonyl (C=O) groups excluding carboxylic acids is 1. The predicted octanol–water partition coefficient (Wildman–Crippen LogP) is 3.29. The molecule has 2 rings (SSSR count). The Labute approximate surface area is 156 Å². The number of benzene rings is 2. The van der Waals surface area contributed by atoms with E-state index in [4.69, 9.17) is 10.5 Å². The van der Waals surface area contributed by atoms with E-state index in [0.29, 0.717) is 12.3 Å². The zero-order valence-corrected chi connectivity index (χ0v) is 15.8. The van der Waals surface area contributed by atoms with Crippen LogP contribution in [-0.2, 0) is 4.79 Å². The second kappa shape index (κ2) is 9.94. The number of amides is 1. The summed E-state index contributed by atoms with van der Waals surface area (Å²) in [4.78, 5) is 14.7. The highest BCUT2D eigenvalue weighted by atomic mass is 16.5. The summed E-state index contributed by atoms with van der Waals surface area (Å²) >= 11 is 0. The van der Waals surface area contributed by atoms with Crippen LogP contribution in [0.15, 0.2) is 54.6 Å². The van der Waals surface area contributed by atoms with Crippen LogP contribution in [0.5, 0.6) is 5.75 Å². The summed E-state index contributed by atoms with van der Waals surface area (Å²) in [6.07, 6.45) is 0.951. The van der Waals surface area contributed by atoms with E-state index in [1.54, 1.807) is 0 Å². The molecule has 2 atom stereocenters. The fourth-order valence-electron chi connectivity index (χ4n) is 2.62. The zero-order chi connectivity index (χ0) is 18.9. The van der Waals surface area contributed by atoms with Gasteiger partial charge >= 0.3 is 0 Å². The van der Waals surface area contributed by atoms with Crippen LogP contribution in [0, 0.1) is 5.92 Å². The van der Waals surface area contributed by atoms with Gasteiger partial charge in [-0.15, -0.1) is 0 Å². The molecule has 0 aromatic heterocycles. The van der Waals surface area contributed by atoms with Crippen LogP contribution in [0.2, 0.25) is 0 Å². The van der Waals surface area contributed by atoms with Gasteiger partial charge in [0.15, 0.2) is 0 Å². The van der Waals surface area contributed by atoms with Gasteiger partial charge in [-0.3, -0.25) is 4.79 Å². The number of hydrogen-bond donors (Lipinski definition) is 2. The monoisotopic (exact) mass is 355 g/mol. The van der Waals surface area contributed by atoms with Gasteiger partial charge in [-0.25, -0.2) is 0 Å². The number of ether oxygens (including phenoxy) is 1. The highest BCUT2D eigenvalue weighted by Crippen LogP contribution is 2.22. The first-order valence-electron chi connectivity index (χ1n) is 8.96. The van der Waals surface area contributed by atoms with Gasteiger partial charge in [-0.2, -0.15) is 0 Å². The minimum Gasteiger partial charge on any atom is -0.493 e. The van der Waals surface area contributed by atoms with Gasteiger partial charge in [-0.1, -0.05) is 43.3 Å². The number of nitrogens with one attached hydrogen (secondary N) is 1. The number of anilines is 1. The molecule has 0 aliphatic rings. The van der Waals surface area contributed by atoms with Crippen molar-refractivity contribution in [3.8, 4) is 5.75 Å². The van der Waals surface area contributed by atoms with E-state index in [-0.39, 0.29) is 17.9 Å². The van der Waals surface area contributed by atoms with E-state index < -0.39 is 0 Å². The van der Waals surface area contributed by atoms with E-state index in [1.807, 2.05) is 75.6 Å². The maximum Gasteiger partial charge on any atom is 0.229 e. The Balaban J connectivity index is 1.91. The van der Waals surface area contributed by atoms with Crippen LogP contribution < -0.4 is 15.8 Å². The molecule has 2 aromatic carbocycles. The lowest BCUT2D eigenvalue weighted by molar-refractivity contribution is -0.120. The first-order valence-corrected chi connectivity index (χ1v) is 8.96. The summed E-state index contributed by atoms with van der Waals surface area (Å²) in [5.74, 6) is 0.301. The van der Waals surface area contributed by atoms with Crippen LogP contribution in [0.1, 0.15) is 24.9 Å². The SMILES string of the molecule is CC(C(=O)Nc1cccc(OCCCN(C)C)c1)C(N)c1ccccc1. The molecule has 26 heavy (non-hydrogen) atoms. The van der Waals surface area contributed by atoms with Crippen molar-refractivity contribution >= 4 is 11.6 Å². The van der Waals surface area contributed by atoms with Crippen molar-refractivity contribution in [3.05, 3.63) is 60.2 Å². The molecule has 5 heteroatoms. The number of rotatable bonds is 9. The fourth-order valence-corrected chi connectivity index (χ4v) is 2.62. The molecule has 0 saturated heterocycles. The summed E-state index contributed by atoms with van der Waals surface area (Å²) in [5, 5.41) is 2.93. The first kappa shape index (κ1) is 19.9. The number of hydrogen-bond acceptors (Lipinski definition) is 4. The van der Waals surface area contributed by atoms with Crippen molar-refractivity contribution < 1.29 is 9.53 Å². The Hall–Kier alpha value is -2.37. The Morgan fingerprint density at radius 2 is 1.88 bits per heavy atom. The summed E-state index contributed by atoms with van der Waals surface area (Å²) in [6, 6.07) is 16.8. The predicted molar refractivity (Wildman–Crippen MR) is 106 cm³/mol. The summed E-state index contributed by atoms with van der Waals surface area (Å²) in [5.41, 5.74) is 7.91. The lowest BCUT2D eigenvalue weighted by Crippen LogP contribution is -2.30. The van der Waals surface area contributed by atoms with Gasteiger partial charge in [-0.05, 0) is 38.2 Å². The molecule has 2 aromatic rings. The molecule has 2 unspecified atom stereocenters. The smallest absolute Gasteiger partial charge is 0.229 e. The largest absolute Gasteiger partial charge is 0.493 e. The van der Waals surface area contributed by atoms with Crippen molar-refractivity contribution in [2.75, 3.05) is 32.6 Å². The van der Waals surface area contributed by atoms with Crippen LogP contribution >= 0.6 is 0 Å². The normalized spacial score (nSPS) is 13.3. The van der Waals surface area contributed by atoms with Crippen LogP contribution in [0.3, 0.4) is 0 Å². The third-order valence-corrected chi connectivity index (χ3v) is 4.26. The molecule has 0 fully saturated rings. The fraction of sp³-hybridized carbons (Fsp3) is 0.381. The highest BCUT2D eigenvalue weighted by Gasteiger charge is 2.22. The topological polar surface area (TPSA) is 67.6 Å². The van der Waals surface area contributed by atoms with E-state index in [2.05, 4.69) is 10.2 Å². The third kappa shape index (κ3) is 6.17. The molecule has 0 bridgehead atoms. The van der Waals surface area contributed by atoms with Crippen molar-refractivity contribution in [3.63, 3.8) is 0 Å². The molecule has 0 aliphatic carbocycles. The Kier molecular flexibility index (Phi) is 7.63. The maximum absolute atomic E-state index is 12.5. The Morgan fingerprint density at radius 1 is 1.15 bits per heavy atom. The molecule has 140 valence electrons. The quantitative estimate of drug-likeness (QED) is 0.677. The number of nitrogens with zero attached hydrogens (tertiary/aromatic N) is 1. The van der Waals surface area contributed by atoms with E-state index in [1.165, 1.54) is 0 Å². The highest BCUT2D eigenvalue weighted by molar-refractivity contribution is 5.93. The molecular weight excluding hydrogens is 326 g/mol. The second-order valence-corrected chi connectivity index (χ2v) is 6.75. The van der Waals surface area contributed by atoms with Crippen molar-refractivity contribution in [2.24, 2.45) is 11.7 Å². The summed E-state index contributed by atoms with van der Waals surface area (Å²) in [6.45, 7) is 3.46. The maximum atomic E-state index is 12.5. The van der Waals surface area contributed by atoms with Gasteiger partial charge in [0.1, 0.15) is 5.75 Å². The molecule has 5 nitrogen and oxygen atoms in total. The lowest BCUT2D eigenvalue weighted by atomic mass is 9.94. The van der Waals surface area contributed by atoms with Gasteiger partial charge in [0.25, 0.3) is 0 Å². The van der Waals surface area contributed by atoms with Crippen LogP contribution in [-0.4, -0.2) is 38.1 Å². The van der Waals surface area contributed by atoms with Gasteiger partial charge < -0.3 is 20.7 Å². The van der Waals surface area contributed by atoms with E-state index in [9.17, 15) is 4.79 Å². The van der Waals surface area contributed by atoms with Gasteiger partial charge in [0, 0.05) is 24.3 Å². The second-order valence-electron chi connectivity index (χ2n) is 6.75. The standard InChI is InChI=1S/C21H29N3O2/c1-16(20(22)17-9-5-4-6-10-17)21(25)23-18-11-7-12-19(15-18)26-14-8-13-24(2)3/h4-7,9-12,15-16,20H,8,13-14,22H2,1-3H3,(H,23,25). The van der Waals surface area contributed by atoms with Gasteiger partial charge in [0.05, 0.1) is 12.5 Å². The molecule has 0 aliphatic heterocycles. The van der Waals surface area contributed by atoms with Crippen molar-refractivity contribution in [2.45, 2.75) is 19.4 Å². The van der Waals surface area contributed by atoms with Crippen molar-refractivity contribution in [1.82, 2.24) is 4.90 Å². The first-order chi connectivity index (χ1) is 12.5. The lowest BCUT2D eigenvalue weighted by Gasteiger charge is -2.20. The molecule has 3 N–H and O–H groups in total. The van der Waals surface area contributed by atoms with E-state index in [0.717, 1.165) is 24.3 Å². The number of nitrogens with two attached hydrogens (primary N) is 1. The van der Waals surface area contributed by atoms with Crippen molar-refractivity contribution in [1.29, 1.82) is 0 Å². The number of carbonyl (C=O) groups is 1. The molecule has 0 spiro atoms. The van der Waals surface area contributed by atoms with Crippen LogP contribution in [0.4, 0.5) is 5.69 Å². The third-order valence-electron chi connectivity index (χ3n) is 4.26. The average molecular weight is 355 g/mol. The van der Waals surface area contributed by atoms with Crippen LogP contribution in [0.25, 0.3) is 0 Å². The van der Waals surface area contributed by atoms with E-state index >= 15 is 0 Å². The molecule has 0 radical (unpaired) electrons. The summed E-state index contributed by atoms with van der Waals surface area (Å²) < 4.78 is 5.75. The molecule has 1 amide bonds. The Bertz CT molecular complexity index is 689. The summed E-state index contributed by atoms with van der Waals surface area (Å²) in [7, 11) is 4.08. The molecular formula is C21H29N3O2. The molecule has 0 heterocycles. The zero-order valence-electron chi connectivity index (χ0n) is 15.8. The average Bonchev–Trinajstić information content (AvgIpc) is 2.65.